The molecule has 1 nitrogen and oxygen atoms in total. The average molecular weight is 273 g/mol. The maximum atomic E-state index is 3.74. The van der Waals surface area contributed by atoms with E-state index in [9.17, 15) is 0 Å². The fraction of sp³-hybridized carbons (Fsp3) is 0.684. The molecule has 1 aromatic carbocycles. The van der Waals surface area contributed by atoms with E-state index in [4.69, 9.17) is 0 Å². The second kappa shape index (κ2) is 6.30. The van der Waals surface area contributed by atoms with E-state index in [-0.39, 0.29) is 0 Å². The Morgan fingerprint density at radius 2 is 1.75 bits per heavy atom. The highest BCUT2D eigenvalue weighted by Gasteiger charge is 2.40. The van der Waals surface area contributed by atoms with Crippen LogP contribution >= 0.6 is 0 Å². The topological polar surface area (TPSA) is 12.0 Å². The molecule has 3 atom stereocenters. The quantitative estimate of drug-likeness (QED) is 0.747. The molecule has 2 rings (SSSR count). The van der Waals surface area contributed by atoms with Crippen molar-refractivity contribution in [1.82, 2.24) is 5.32 Å². The van der Waals surface area contributed by atoms with Gasteiger partial charge in [0, 0.05) is 6.04 Å². The molecule has 0 aliphatic heterocycles. The monoisotopic (exact) mass is 273 g/mol. The van der Waals surface area contributed by atoms with E-state index in [0.717, 1.165) is 18.4 Å². The van der Waals surface area contributed by atoms with Crippen molar-refractivity contribution in [2.24, 2.45) is 11.8 Å². The predicted octanol–water partition coefficient (Wildman–Crippen LogP) is 5.24. The third-order valence-corrected chi connectivity index (χ3v) is 4.76. The van der Waals surface area contributed by atoms with Gasteiger partial charge in [-0.15, -0.1) is 0 Å². The van der Waals surface area contributed by atoms with Crippen LogP contribution in [0.3, 0.4) is 0 Å². The Morgan fingerprint density at radius 3 is 2.20 bits per heavy atom. The van der Waals surface area contributed by atoms with Crippen molar-refractivity contribution < 1.29 is 0 Å². The molecule has 0 amide bonds. The molecule has 0 bridgehead atoms. The first-order chi connectivity index (χ1) is 9.45. The number of benzene rings is 1. The lowest BCUT2D eigenvalue weighted by Gasteiger charge is -2.24. The molecular formula is C19H31N. The Kier molecular flexibility index (Phi) is 4.90. The maximum Gasteiger partial charge on any atom is 0.0354 e. The second-order valence-electron chi connectivity index (χ2n) is 7.11. The highest BCUT2D eigenvalue weighted by molar-refractivity contribution is 5.38. The molecule has 1 N–H and O–H groups in total. The largest absolute Gasteiger partial charge is 0.310 e. The van der Waals surface area contributed by atoms with Crippen LogP contribution < -0.4 is 5.32 Å². The molecular weight excluding hydrogens is 242 g/mol. The first-order valence-corrected chi connectivity index (χ1v) is 8.32. The van der Waals surface area contributed by atoms with Crippen LogP contribution in [0.5, 0.6) is 0 Å². The molecule has 0 radical (unpaired) electrons. The van der Waals surface area contributed by atoms with E-state index in [1.54, 1.807) is 11.1 Å². The minimum Gasteiger partial charge on any atom is -0.310 e. The molecule has 0 aromatic heterocycles. The summed E-state index contributed by atoms with van der Waals surface area (Å²) in [6.07, 6.45) is 1.38. The molecule has 0 heterocycles. The standard InChI is InChI=1S/C19H31N/c1-7-20-19(18-10-14(18)6)16-9-8-15(12(2)3)11-17(16)13(4)5/h8-9,11-14,18-20H,7,10H2,1-6H3. The number of rotatable bonds is 6. The highest BCUT2D eigenvalue weighted by atomic mass is 14.9. The average Bonchev–Trinajstić information content (AvgIpc) is 3.12. The van der Waals surface area contributed by atoms with E-state index >= 15 is 0 Å². The van der Waals surface area contributed by atoms with Gasteiger partial charge in [0.1, 0.15) is 0 Å². The Morgan fingerprint density at radius 1 is 1.10 bits per heavy atom. The van der Waals surface area contributed by atoms with Crippen LogP contribution in [0.15, 0.2) is 18.2 Å². The van der Waals surface area contributed by atoms with Gasteiger partial charge in [-0.25, -0.2) is 0 Å². The van der Waals surface area contributed by atoms with Gasteiger partial charge in [0.15, 0.2) is 0 Å². The van der Waals surface area contributed by atoms with Crippen LogP contribution in [0.4, 0.5) is 0 Å². The minimum atomic E-state index is 0.550. The number of hydrogen-bond acceptors (Lipinski definition) is 1. The third-order valence-electron chi connectivity index (χ3n) is 4.76. The molecule has 1 fully saturated rings. The lowest BCUT2D eigenvalue weighted by Crippen LogP contribution is -2.24. The van der Waals surface area contributed by atoms with Crippen molar-refractivity contribution in [3.05, 3.63) is 34.9 Å². The third kappa shape index (κ3) is 3.25. The fourth-order valence-electron chi connectivity index (χ4n) is 3.26. The van der Waals surface area contributed by atoms with Gasteiger partial charge in [-0.3, -0.25) is 0 Å². The minimum absolute atomic E-state index is 0.550. The molecule has 112 valence electrons. The van der Waals surface area contributed by atoms with Gasteiger partial charge < -0.3 is 5.32 Å². The van der Waals surface area contributed by atoms with Crippen LogP contribution in [-0.4, -0.2) is 6.54 Å². The first kappa shape index (κ1) is 15.6. The molecule has 1 aromatic rings. The van der Waals surface area contributed by atoms with E-state index in [0.29, 0.717) is 17.9 Å². The SMILES string of the molecule is CCNC(c1ccc(C(C)C)cc1C(C)C)C1CC1C. The smallest absolute Gasteiger partial charge is 0.0354 e. The van der Waals surface area contributed by atoms with E-state index in [1.165, 1.54) is 12.0 Å². The van der Waals surface area contributed by atoms with Gasteiger partial charge in [-0.05, 0) is 53.3 Å². The van der Waals surface area contributed by atoms with Gasteiger partial charge in [0.25, 0.3) is 0 Å². The first-order valence-electron chi connectivity index (χ1n) is 8.32. The van der Waals surface area contributed by atoms with Gasteiger partial charge in [-0.1, -0.05) is 59.7 Å². The molecule has 0 spiro atoms. The Balaban J connectivity index is 2.37. The van der Waals surface area contributed by atoms with Crippen LogP contribution in [-0.2, 0) is 0 Å². The van der Waals surface area contributed by atoms with Crippen LogP contribution in [0, 0.1) is 11.8 Å². The lowest BCUT2D eigenvalue weighted by atomic mass is 9.87. The highest BCUT2D eigenvalue weighted by Crippen LogP contribution is 2.48. The molecule has 1 aliphatic rings. The zero-order valence-corrected chi connectivity index (χ0v) is 14.0. The van der Waals surface area contributed by atoms with E-state index in [2.05, 4.69) is 65.1 Å². The molecule has 1 heteroatoms. The Labute approximate surface area is 125 Å². The fourth-order valence-corrected chi connectivity index (χ4v) is 3.26. The zero-order chi connectivity index (χ0) is 14.9. The van der Waals surface area contributed by atoms with Crippen molar-refractivity contribution in [2.75, 3.05) is 6.54 Å². The van der Waals surface area contributed by atoms with Crippen molar-refractivity contribution in [2.45, 2.75) is 65.8 Å². The summed E-state index contributed by atoms with van der Waals surface area (Å²) >= 11 is 0. The summed E-state index contributed by atoms with van der Waals surface area (Å²) in [6, 6.07) is 7.72. The van der Waals surface area contributed by atoms with Crippen LogP contribution in [0.25, 0.3) is 0 Å². The van der Waals surface area contributed by atoms with Gasteiger partial charge in [0.05, 0.1) is 0 Å². The zero-order valence-electron chi connectivity index (χ0n) is 14.0. The van der Waals surface area contributed by atoms with Crippen molar-refractivity contribution in [3.63, 3.8) is 0 Å². The van der Waals surface area contributed by atoms with Gasteiger partial charge in [0.2, 0.25) is 0 Å². The molecule has 0 saturated heterocycles. The Hall–Kier alpha value is -0.820. The molecule has 3 unspecified atom stereocenters. The van der Waals surface area contributed by atoms with Crippen LogP contribution in [0.2, 0.25) is 0 Å². The molecule has 1 saturated carbocycles. The molecule has 1 aliphatic carbocycles. The summed E-state index contributed by atoms with van der Waals surface area (Å²) in [5, 5.41) is 3.74. The van der Waals surface area contributed by atoms with Gasteiger partial charge >= 0.3 is 0 Å². The van der Waals surface area contributed by atoms with Gasteiger partial charge in [-0.2, -0.15) is 0 Å². The summed E-state index contributed by atoms with van der Waals surface area (Å²) in [4.78, 5) is 0. The summed E-state index contributed by atoms with van der Waals surface area (Å²) < 4.78 is 0. The lowest BCUT2D eigenvalue weighted by molar-refractivity contribution is 0.470. The second-order valence-corrected chi connectivity index (χ2v) is 7.11. The Bertz CT molecular complexity index is 447. The summed E-state index contributed by atoms with van der Waals surface area (Å²) in [5.74, 6) is 2.92. The number of hydrogen-bond donors (Lipinski definition) is 1. The van der Waals surface area contributed by atoms with E-state index < -0.39 is 0 Å². The number of nitrogens with one attached hydrogen (secondary N) is 1. The normalized spacial score (nSPS) is 23.4. The summed E-state index contributed by atoms with van der Waals surface area (Å²) in [7, 11) is 0. The van der Waals surface area contributed by atoms with Crippen molar-refractivity contribution in [1.29, 1.82) is 0 Å². The summed E-state index contributed by atoms with van der Waals surface area (Å²) in [6.45, 7) is 14.9. The molecule has 20 heavy (non-hydrogen) atoms. The van der Waals surface area contributed by atoms with Crippen LogP contribution in [0.1, 0.15) is 82.5 Å². The summed E-state index contributed by atoms with van der Waals surface area (Å²) in [5.41, 5.74) is 4.55. The van der Waals surface area contributed by atoms with Crippen molar-refractivity contribution >= 4 is 0 Å². The van der Waals surface area contributed by atoms with Crippen molar-refractivity contribution in [3.8, 4) is 0 Å². The maximum absolute atomic E-state index is 3.74. The van der Waals surface area contributed by atoms with E-state index in [1.807, 2.05) is 0 Å². The predicted molar refractivity (Wildman–Crippen MR) is 88.3 cm³/mol.